The van der Waals surface area contributed by atoms with Gasteiger partial charge < -0.3 is 0 Å². The summed E-state index contributed by atoms with van der Waals surface area (Å²) in [6.07, 6.45) is 0. The molecule has 242 valence electrons. The Balaban J connectivity index is 1.13. The van der Waals surface area contributed by atoms with Gasteiger partial charge in [-0.05, 0) is 123 Å². The molecule has 10 aromatic carbocycles. The molecule has 0 fully saturated rings. The molecule has 0 atom stereocenters. The van der Waals surface area contributed by atoms with Gasteiger partial charge in [0.1, 0.15) is 0 Å². The second kappa shape index (κ2) is 12.5. The standard InChI is InChI=1S/C52H34/c1-4-11-35(12-5-1)38-19-23-40(24-20-38)49-34-50(48-30-28-43-18-10-17-42-27-29-47(49)52(48)51(42)43)41-25-21-39(22-26-41)46-32-44(36-13-6-2-7-14-36)31-45(33-46)37-15-8-3-9-16-37/h1-34H. The van der Waals surface area contributed by atoms with Crippen LogP contribution >= 0.6 is 0 Å². The van der Waals surface area contributed by atoms with Crippen LogP contribution in [0, 0.1) is 0 Å². The molecular weight excluding hydrogens is 625 g/mol. The second-order valence-electron chi connectivity index (χ2n) is 13.7. The van der Waals surface area contributed by atoms with Crippen molar-refractivity contribution in [3.05, 3.63) is 206 Å². The minimum atomic E-state index is 1.20. The maximum Gasteiger partial charge on any atom is -0.00143 e. The van der Waals surface area contributed by atoms with Gasteiger partial charge in [-0.15, -0.1) is 0 Å². The maximum absolute atomic E-state index is 2.41. The molecule has 0 aliphatic carbocycles. The predicted molar refractivity (Wildman–Crippen MR) is 223 cm³/mol. The molecule has 0 N–H and O–H groups in total. The van der Waals surface area contributed by atoms with Crippen LogP contribution in [0.15, 0.2) is 206 Å². The minimum Gasteiger partial charge on any atom is -0.0622 e. The van der Waals surface area contributed by atoms with E-state index in [0.29, 0.717) is 0 Å². The SMILES string of the molecule is c1ccc(-c2ccc(-c3cc(-c4ccc(-c5cc(-c6ccccc6)cc(-c6ccccc6)c5)cc4)c4ccc5cccc6ccc3c4c65)cc2)cc1. The van der Waals surface area contributed by atoms with E-state index in [0.717, 1.165) is 0 Å². The quantitative estimate of drug-likeness (QED) is 0.156. The lowest BCUT2D eigenvalue weighted by Gasteiger charge is -2.18. The van der Waals surface area contributed by atoms with E-state index in [1.54, 1.807) is 0 Å². The summed E-state index contributed by atoms with van der Waals surface area (Å²) in [5.74, 6) is 0. The van der Waals surface area contributed by atoms with Gasteiger partial charge in [0.05, 0.1) is 0 Å². The highest BCUT2D eigenvalue weighted by Crippen LogP contribution is 2.44. The molecule has 0 amide bonds. The van der Waals surface area contributed by atoms with E-state index in [4.69, 9.17) is 0 Å². The first-order chi connectivity index (χ1) is 25.8. The van der Waals surface area contributed by atoms with E-state index < -0.39 is 0 Å². The third-order valence-electron chi connectivity index (χ3n) is 10.6. The van der Waals surface area contributed by atoms with Crippen LogP contribution in [0.5, 0.6) is 0 Å². The Bertz CT molecular complexity index is 2760. The molecule has 0 aliphatic heterocycles. The van der Waals surface area contributed by atoms with Crippen molar-refractivity contribution in [2.75, 3.05) is 0 Å². The Morgan fingerprint density at radius 2 is 0.538 bits per heavy atom. The summed E-state index contributed by atoms with van der Waals surface area (Å²) in [7, 11) is 0. The summed E-state index contributed by atoms with van der Waals surface area (Å²) in [5, 5.41) is 7.81. The first-order valence-electron chi connectivity index (χ1n) is 18.0. The molecule has 10 aromatic rings. The van der Waals surface area contributed by atoms with Gasteiger partial charge in [0.15, 0.2) is 0 Å². The molecule has 0 aromatic heterocycles. The molecule has 0 saturated carbocycles. The summed E-state index contributed by atoms with van der Waals surface area (Å²) in [5.41, 5.74) is 14.7. The van der Waals surface area contributed by atoms with Gasteiger partial charge in [-0.25, -0.2) is 0 Å². The van der Waals surface area contributed by atoms with Crippen molar-refractivity contribution in [2.45, 2.75) is 0 Å². The van der Waals surface area contributed by atoms with Crippen LogP contribution < -0.4 is 0 Å². The van der Waals surface area contributed by atoms with Crippen LogP contribution in [0.25, 0.3) is 99.1 Å². The van der Waals surface area contributed by atoms with E-state index in [1.807, 2.05) is 0 Å². The third kappa shape index (κ3) is 5.25. The van der Waals surface area contributed by atoms with Crippen LogP contribution in [0.4, 0.5) is 0 Å². The number of benzene rings is 10. The van der Waals surface area contributed by atoms with Crippen molar-refractivity contribution in [3.63, 3.8) is 0 Å². The topological polar surface area (TPSA) is 0 Å². The van der Waals surface area contributed by atoms with Crippen LogP contribution in [0.2, 0.25) is 0 Å². The van der Waals surface area contributed by atoms with Gasteiger partial charge in [0, 0.05) is 0 Å². The molecule has 0 saturated heterocycles. The lowest BCUT2D eigenvalue weighted by molar-refractivity contribution is 1.56. The molecular formula is C52H34. The molecule has 0 heterocycles. The van der Waals surface area contributed by atoms with Crippen LogP contribution in [0.3, 0.4) is 0 Å². The summed E-state index contributed by atoms with van der Waals surface area (Å²) in [4.78, 5) is 0. The zero-order valence-electron chi connectivity index (χ0n) is 28.6. The fourth-order valence-corrected chi connectivity index (χ4v) is 8.01. The fraction of sp³-hybridized carbons (Fsp3) is 0. The minimum absolute atomic E-state index is 1.20. The Morgan fingerprint density at radius 3 is 0.962 bits per heavy atom. The average molecular weight is 659 g/mol. The summed E-state index contributed by atoms with van der Waals surface area (Å²) in [6, 6.07) is 75.5. The molecule has 52 heavy (non-hydrogen) atoms. The molecule has 0 spiro atoms. The number of hydrogen-bond donors (Lipinski definition) is 0. The lowest BCUT2D eigenvalue weighted by atomic mass is 9.85. The number of rotatable bonds is 6. The molecule has 0 radical (unpaired) electrons. The van der Waals surface area contributed by atoms with Crippen molar-refractivity contribution in [1.82, 2.24) is 0 Å². The molecule has 0 aliphatic rings. The zero-order valence-corrected chi connectivity index (χ0v) is 28.6. The molecule has 0 heteroatoms. The van der Waals surface area contributed by atoms with Gasteiger partial charge in [-0.3, -0.25) is 0 Å². The van der Waals surface area contributed by atoms with Gasteiger partial charge in [0.2, 0.25) is 0 Å². The van der Waals surface area contributed by atoms with Crippen molar-refractivity contribution in [3.8, 4) is 66.8 Å². The van der Waals surface area contributed by atoms with E-state index >= 15 is 0 Å². The normalized spacial score (nSPS) is 11.5. The van der Waals surface area contributed by atoms with Gasteiger partial charge in [-0.2, -0.15) is 0 Å². The highest BCUT2D eigenvalue weighted by atomic mass is 14.2. The Morgan fingerprint density at radius 1 is 0.192 bits per heavy atom. The smallest absolute Gasteiger partial charge is 0.00143 e. The van der Waals surface area contributed by atoms with E-state index in [1.165, 1.54) is 99.1 Å². The lowest BCUT2D eigenvalue weighted by Crippen LogP contribution is -1.91. The Hall–Kier alpha value is -6.76. The van der Waals surface area contributed by atoms with Crippen molar-refractivity contribution >= 4 is 32.3 Å². The van der Waals surface area contributed by atoms with E-state index in [9.17, 15) is 0 Å². The zero-order chi connectivity index (χ0) is 34.4. The van der Waals surface area contributed by atoms with E-state index in [-0.39, 0.29) is 0 Å². The molecule has 0 nitrogen and oxygen atoms in total. The second-order valence-corrected chi connectivity index (χ2v) is 13.7. The molecule has 10 rings (SSSR count). The highest BCUT2D eigenvalue weighted by molar-refractivity contribution is 6.28. The largest absolute Gasteiger partial charge is 0.0622 e. The van der Waals surface area contributed by atoms with Crippen molar-refractivity contribution in [1.29, 1.82) is 0 Å². The maximum atomic E-state index is 2.41. The van der Waals surface area contributed by atoms with Crippen LogP contribution in [-0.2, 0) is 0 Å². The average Bonchev–Trinajstić information content (AvgIpc) is 3.23. The first kappa shape index (κ1) is 30.1. The van der Waals surface area contributed by atoms with Gasteiger partial charge in [-0.1, -0.05) is 182 Å². The third-order valence-corrected chi connectivity index (χ3v) is 10.6. The van der Waals surface area contributed by atoms with Crippen molar-refractivity contribution in [2.24, 2.45) is 0 Å². The molecule has 0 unspecified atom stereocenters. The summed E-state index contributed by atoms with van der Waals surface area (Å²) < 4.78 is 0. The van der Waals surface area contributed by atoms with Gasteiger partial charge >= 0.3 is 0 Å². The van der Waals surface area contributed by atoms with Crippen molar-refractivity contribution < 1.29 is 0 Å². The number of hydrogen-bond acceptors (Lipinski definition) is 0. The highest BCUT2D eigenvalue weighted by Gasteiger charge is 2.17. The Labute approximate surface area is 304 Å². The fourth-order valence-electron chi connectivity index (χ4n) is 8.01. The van der Waals surface area contributed by atoms with Gasteiger partial charge in [0.25, 0.3) is 0 Å². The summed E-state index contributed by atoms with van der Waals surface area (Å²) in [6.45, 7) is 0. The van der Waals surface area contributed by atoms with Crippen LogP contribution in [-0.4, -0.2) is 0 Å². The Kier molecular flexibility index (Phi) is 7.25. The van der Waals surface area contributed by atoms with Crippen LogP contribution in [0.1, 0.15) is 0 Å². The first-order valence-corrected chi connectivity index (χ1v) is 18.0. The summed E-state index contributed by atoms with van der Waals surface area (Å²) >= 11 is 0. The molecule has 0 bridgehead atoms. The predicted octanol–water partition coefficient (Wildman–Crippen LogP) is 14.6. The monoisotopic (exact) mass is 658 g/mol. The van der Waals surface area contributed by atoms with E-state index in [2.05, 4.69) is 206 Å².